The van der Waals surface area contributed by atoms with Crippen molar-refractivity contribution in [1.82, 2.24) is 4.31 Å². The molecule has 0 radical (unpaired) electrons. The van der Waals surface area contributed by atoms with Gasteiger partial charge in [0, 0.05) is 26.2 Å². The molecule has 0 bridgehead atoms. The maximum Gasteiger partial charge on any atom is 0.243 e. The molecule has 1 fully saturated rings. The molecule has 0 N–H and O–H groups in total. The van der Waals surface area contributed by atoms with E-state index in [4.69, 9.17) is 4.74 Å². The molecule has 0 aliphatic carbocycles. The van der Waals surface area contributed by atoms with Crippen LogP contribution in [0.5, 0.6) is 5.75 Å². The first-order chi connectivity index (χ1) is 9.98. The number of rotatable bonds is 2. The minimum absolute atomic E-state index is 0.339. The first-order valence-corrected chi connectivity index (χ1v) is 8.90. The predicted octanol–water partition coefficient (Wildman–Crippen LogP) is 1.94. The van der Waals surface area contributed by atoms with E-state index in [1.807, 2.05) is 13.1 Å². The van der Waals surface area contributed by atoms with E-state index in [-0.39, 0.29) is 0 Å². The molecule has 3 rings (SSSR count). The summed E-state index contributed by atoms with van der Waals surface area (Å²) in [4.78, 5) is 2.42. The van der Waals surface area contributed by atoms with Crippen molar-refractivity contribution in [3.63, 3.8) is 0 Å². The van der Waals surface area contributed by atoms with Gasteiger partial charge in [-0.05, 0) is 30.9 Å². The molecule has 2 aliphatic rings. The summed E-state index contributed by atoms with van der Waals surface area (Å²) >= 11 is 0. The average Bonchev–Trinajstić information content (AvgIpc) is 2.47. The number of fused-ring (bicyclic) bond motifs is 1. The van der Waals surface area contributed by atoms with E-state index in [1.165, 1.54) is 0 Å². The molecule has 0 saturated carbocycles. The van der Waals surface area contributed by atoms with E-state index < -0.39 is 10.0 Å². The Hall–Kier alpha value is -1.27. The number of anilines is 1. The van der Waals surface area contributed by atoms with Crippen LogP contribution in [-0.4, -0.2) is 46.0 Å². The van der Waals surface area contributed by atoms with Crippen molar-refractivity contribution in [3.8, 4) is 5.75 Å². The van der Waals surface area contributed by atoms with Crippen LogP contribution in [0.4, 0.5) is 5.69 Å². The molecular weight excluding hydrogens is 288 g/mol. The molecule has 1 aromatic carbocycles. The van der Waals surface area contributed by atoms with Crippen molar-refractivity contribution in [1.29, 1.82) is 0 Å². The Labute approximate surface area is 126 Å². The number of sulfonamides is 1. The molecule has 0 unspecified atom stereocenters. The van der Waals surface area contributed by atoms with Crippen molar-refractivity contribution in [2.75, 3.05) is 38.2 Å². The normalized spacial score (nSPS) is 21.0. The lowest BCUT2D eigenvalue weighted by molar-refractivity contribution is 0.287. The van der Waals surface area contributed by atoms with Gasteiger partial charge in [0.1, 0.15) is 12.4 Å². The van der Waals surface area contributed by atoms with Gasteiger partial charge >= 0.3 is 0 Å². The summed E-state index contributed by atoms with van der Waals surface area (Å²) in [5, 5.41) is 0. The fourth-order valence-electron chi connectivity index (χ4n) is 2.87. The van der Waals surface area contributed by atoms with Crippen LogP contribution in [0.1, 0.15) is 19.8 Å². The zero-order valence-corrected chi connectivity index (χ0v) is 13.4. The topological polar surface area (TPSA) is 49.9 Å². The number of piperidine rings is 1. The number of benzene rings is 1. The molecule has 0 atom stereocenters. The molecular formula is C15H22N2O3S. The van der Waals surface area contributed by atoms with Gasteiger partial charge < -0.3 is 9.64 Å². The third-order valence-corrected chi connectivity index (χ3v) is 6.30. The monoisotopic (exact) mass is 310 g/mol. The molecule has 6 heteroatoms. The fraction of sp³-hybridized carbons (Fsp3) is 0.600. The number of nitrogens with zero attached hydrogens (tertiary/aromatic N) is 2. The molecule has 2 aliphatic heterocycles. The number of hydrogen-bond acceptors (Lipinski definition) is 4. The summed E-state index contributed by atoms with van der Waals surface area (Å²) in [6.07, 6.45) is 1.87. The lowest BCUT2D eigenvalue weighted by atomic mass is 10.0. The summed E-state index contributed by atoms with van der Waals surface area (Å²) < 4.78 is 32.6. The second-order valence-corrected chi connectivity index (χ2v) is 7.92. The number of likely N-dealkylation sites (N-methyl/N-ethyl adjacent to an activating group) is 1. The van der Waals surface area contributed by atoms with E-state index in [0.29, 0.717) is 36.3 Å². The van der Waals surface area contributed by atoms with Gasteiger partial charge in [0.15, 0.2) is 0 Å². The maximum atomic E-state index is 12.7. The van der Waals surface area contributed by atoms with Gasteiger partial charge in [0.25, 0.3) is 0 Å². The van der Waals surface area contributed by atoms with Crippen LogP contribution in [-0.2, 0) is 10.0 Å². The SMILES string of the molecule is CC1CCN(S(=O)(=O)c2ccc3c(c2)OCCN3C)CC1. The smallest absolute Gasteiger partial charge is 0.243 e. The summed E-state index contributed by atoms with van der Waals surface area (Å²) in [6.45, 7) is 4.81. The third-order valence-electron chi connectivity index (χ3n) is 4.41. The Morgan fingerprint density at radius 2 is 1.90 bits per heavy atom. The maximum absolute atomic E-state index is 12.7. The molecule has 0 amide bonds. The van der Waals surface area contributed by atoms with Gasteiger partial charge in [0.05, 0.1) is 17.1 Å². The highest BCUT2D eigenvalue weighted by Gasteiger charge is 2.29. The number of hydrogen-bond donors (Lipinski definition) is 0. The Morgan fingerprint density at radius 1 is 1.19 bits per heavy atom. The highest BCUT2D eigenvalue weighted by Crippen LogP contribution is 2.34. The average molecular weight is 310 g/mol. The summed E-state index contributed by atoms with van der Waals surface area (Å²) in [5.41, 5.74) is 0.951. The predicted molar refractivity (Wildman–Crippen MR) is 82.4 cm³/mol. The second-order valence-electron chi connectivity index (χ2n) is 5.99. The Kier molecular flexibility index (Phi) is 3.84. The molecule has 0 aromatic heterocycles. The van der Waals surface area contributed by atoms with Crippen molar-refractivity contribution in [2.45, 2.75) is 24.7 Å². The van der Waals surface area contributed by atoms with Crippen LogP contribution in [0, 0.1) is 5.92 Å². The molecule has 2 heterocycles. The Balaban J connectivity index is 1.89. The highest BCUT2D eigenvalue weighted by molar-refractivity contribution is 7.89. The fourth-order valence-corrected chi connectivity index (χ4v) is 4.36. The van der Waals surface area contributed by atoms with Crippen LogP contribution in [0.3, 0.4) is 0 Å². The lowest BCUT2D eigenvalue weighted by Crippen LogP contribution is -2.38. The van der Waals surface area contributed by atoms with E-state index in [1.54, 1.807) is 16.4 Å². The van der Waals surface area contributed by atoms with Gasteiger partial charge in [-0.3, -0.25) is 0 Å². The first-order valence-electron chi connectivity index (χ1n) is 7.46. The summed E-state index contributed by atoms with van der Waals surface area (Å²) in [7, 11) is -1.41. The van der Waals surface area contributed by atoms with Crippen LogP contribution in [0.25, 0.3) is 0 Å². The quantitative estimate of drug-likeness (QED) is 0.837. The van der Waals surface area contributed by atoms with Crippen LogP contribution < -0.4 is 9.64 Å². The van der Waals surface area contributed by atoms with Crippen molar-refractivity contribution in [2.24, 2.45) is 5.92 Å². The molecule has 5 nitrogen and oxygen atoms in total. The molecule has 1 saturated heterocycles. The zero-order chi connectivity index (χ0) is 15.0. The van der Waals surface area contributed by atoms with Crippen molar-refractivity contribution in [3.05, 3.63) is 18.2 Å². The van der Waals surface area contributed by atoms with E-state index in [0.717, 1.165) is 25.1 Å². The Morgan fingerprint density at radius 3 is 2.62 bits per heavy atom. The van der Waals surface area contributed by atoms with Gasteiger partial charge in [0.2, 0.25) is 10.0 Å². The van der Waals surface area contributed by atoms with E-state index in [9.17, 15) is 8.42 Å². The highest BCUT2D eigenvalue weighted by atomic mass is 32.2. The number of ether oxygens (including phenoxy) is 1. The van der Waals surface area contributed by atoms with Crippen LogP contribution in [0.15, 0.2) is 23.1 Å². The van der Waals surface area contributed by atoms with Gasteiger partial charge in [-0.1, -0.05) is 6.92 Å². The third kappa shape index (κ3) is 2.74. The van der Waals surface area contributed by atoms with Crippen molar-refractivity contribution >= 4 is 15.7 Å². The summed E-state index contributed by atoms with van der Waals surface area (Å²) in [5.74, 6) is 1.27. The van der Waals surface area contributed by atoms with E-state index in [2.05, 4.69) is 11.8 Å². The summed E-state index contributed by atoms with van der Waals surface area (Å²) in [6, 6.07) is 5.20. The molecule has 116 valence electrons. The van der Waals surface area contributed by atoms with Crippen molar-refractivity contribution < 1.29 is 13.2 Å². The van der Waals surface area contributed by atoms with Gasteiger partial charge in [-0.25, -0.2) is 8.42 Å². The molecule has 21 heavy (non-hydrogen) atoms. The van der Waals surface area contributed by atoms with Crippen LogP contribution >= 0.6 is 0 Å². The second kappa shape index (κ2) is 5.50. The first kappa shape index (κ1) is 14.7. The largest absolute Gasteiger partial charge is 0.490 e. The lowest BCUT2D eigenvalue weighted by Gasteiger charge is -2.31. The minimum Gasteiger partial charge on any atom is -0.490 e. The standard InChI is InChI=1S/C15H22N2O3S/c1-12-5-7-17(8-6-12)21(18,19)13-3-4-14-15(11-13)20-10-9-16(14)2/h3-4,11-12H,5-10H2,1-2H3. The minimum atomic E-state index is -3.40. The van der Waals surface area contributed by atoms with E-state index >= 15 is 0 Å². The van der Waals surface area contributed by atoms with Gasteiger partial charge in [-0.15, -0.1) is 0 Å². The van der Waals surface area contributed by atoms with Gasteiger partial charge in [-0.2, -0.15) is 4.31 Å². The zero-order valence-electron chi connectivity index (χ0n) is 12.6. The molecule has 1 aromatic rings. The molecule has 0 spiro atoms. The van der Waals surface area contributed by atoms with Crippen LogP contribution in [0.2, 0.25) is 0 Å². The Bertz CT molecular complexity index is 622.